The first kappa shape index (κ1) is 74.6. The van der Waals surface area contributed by atoms with E-state index in [4.69, 9.17) is 29.2 Å². The summed E-state index contributed by atoms with van der Waals surface area (Å²) in [5.41, 5.74) is 0. The highest BCUT2D eigenvalue weighted by atomic mass is 16.5. The van der Waals surface area contributed by atoms with E-state index >= 15 is 0 Å². The van der Waals surface area contributed by atoms with Crippen LogP contribution in [0.1, 0.15) is 187 Å². The molecule has 0 aliphatic carbocycles. The van der Waals surface area contributed by atoms with E-state index in [0.29, 0.717) is 32.1 Å². The molecule has 0 aromatic rings. The molecule has 0 bridgehead atoms. The van der Waals surface area contributed by atoms with Crippen LogP contribution in [0.2, 0.25) is 0 Å². The fourth-order valence-corrected chi connectivity index (χ4v) is 8.57. The molecule has 0 rings (SSSR count). The van der Waals surface area contributed by atoms with E-state index in [2.05, 4.69) is 21.3 Å². The molecule has 0 unspecified atom stereocenters. The van der Waals surface area contributed by atoms with Crippen molar-refractivity contribution in [2.45, 2.75) is 193 Å². The molecule has 0 aliphatic rings. The van der Waals surface area contributed by atoms with Crippen LogP contribution in [0.5, 0.6) is 0 Å². The molecule has 0 aromatic carbocycles. The maximum atomic E-state index is 13.4. The zero-order valence-corrected chi connectivity index (χ0v) is 47.5. The summed E-state index contributed by atoms with van der Waals surface area (Å²) in [6.07, 6.45) is 15.4. The smallest absolute Gasteiger partial charge is 0.326 e. The molecule has 0 fully saturated rings. The summed E-state index contributed by atoms with van der Waals surface area (Å²) in [5.74, 6) is -9.67. The van der Waals surface area contributed by atoms with Gasteiger partial charge in [0.25, 0.3) is 0 Å². The number of aliphatic carboxylic acids is 4. The van der Waals surface area contributed by atoms with Gasteiger partial charge in [0.15, 0.2) is 11.6 Å². The van der Waals surface area contributed by atoms with Gasteiger partial charge in [-0.3, -0.25) is 47.9 Å². The van der Waals surface area contributed by atoms with Crippen molar-refractivity contribution in [3.8, 4) is 0 Å². The maximum absolute atomic E-state index is 13.4. The SMILES string of the molecule is CC[C@@H](CCCCNC(=O)[C@H](CCC(=O)O)CC(=O)[C@H](CCC(=O)O)CC(=O)COCCOCCNC(=O)COCCOCCNC(=O)CC[C@H](NC(=O)CCCCCCCCCCCCCCCCC(=O)O)C(=O)O)C(=O)CO. The molecular weight excluding hydrogens is 1050 g/mol. The largest absolute Gasteiger partial charge is 0.481 e. The summed E-state index contributed by atoms with van der Waals surface area (Å²) in [6.45, 7) is 1.70. The normalized spacial score (nSPS) is 12.6. The highest BCUT2D eigenvalue weighted by molar-refractivity contribution is 5.92. The molecule has 80 heavy (non-hydrogen) atoms. The van der Waals surface area contributed by atoms with Crippen molar-refractivity contribution in [3.05, 3.63) is 0 Å². The first-order valence-electron chi connectivity index (χ1n) is 28.9. The van der Waals surface area contributed by atoms with Gasteiger partial charge in [0.1, 0.15) is 31.6 Å². The predicted octanol–water partition coefficient (Wildman–Crippen LogP) is 4.72. The lowest BCUT2D eigenvalue weighted by atomic mass is 9.85. The average molecular weight is 1150 g/mol. The fourth-order valence-electron chi connectivity index (χ4n) is 8.57. The number of ketones is 3. The number of carboxylic acids is 4. The molecule has 4 amide bonds. The number of aliphatic hydroxyl groups is 1. The molecule has 0 saturated carbocycles. The topological polar surface area (TPSA) is 374 Å². The predicted molar refractivity (Wildman–Crippen MR) is 292 cm³/mol. The van der Waals surface area contributed by atoms with Crippen LogP contribution >= 0.6 is 0 Å². The summed E-state index contributed by atoms with van der Waals surface area (Å²) in [6, 6.07) is -1.18. The molecule has 24 heteroatoms. The molecule has 460 valence electrons. The highest BCUT2D eigenvalue weighted by Crippen LogP contribution is 2.22. The minimum Gasteiger partial charge on any atom is -0.481 e. The number of carbonyl (C=O) groups excluding carboxylic acids is 7. The quantitative estimate of drug-likeness (QED) is 0.0372. The van der Waals surface area contributed by atoms with E-state index in [1.54, 1.807) is 0 Å². The number of hydrogen-bond donors (Lipinski definition) is 9. The van der Waals surface area contributed by atoms with Crippen LogP contribution in [-0.4, -0.2) is 176 Å². The number of unbranched alkanes of at least 4 members (excludes halogenated alkanes) is 14. The van der Waals surface area contributed by atoms with Crippen LogP contribution in [0.4, 0.5) is 0 Å². The van der Waals surface area contributed by atoms with Gasteiger partial charge < -0.3 is 65.7 Å². The molecule has 0 radical (unpaired) electrons. The number of hydrogen-bond acceptors (Lipinski definition) is 16. The summed E-state index contributed by atoms with van der Waals surface area (Å²) in [4.78, 5) is 133. The standard InChI is InChI=1S/C56H96N4O20/c1-2-42(48(64)39-61)19-17-18-28-59-55(74)44(23-27-54(72)73)38-47(63)43(22-26-53(70)71)37-45(62)40-79-35-33-78-32-30-58-51(67)41-80-36-34-77-31-29-57-49(65)25-24-46(56(75)76)60-50(66)20-15-13-11-9-7-5-3-4-6-8-10-12-14-16-21-52(68)69/h42-44,46,61H,2-41H2,1H3,(H,57,65)(H,58,67)(H,59,74)(H,60,66)(H,68,69)(H,70,71)(H,72,73)(H,75,76)/t42-,43+,44+,46-/m0/s1. The lowest BCUT2D eigenvalue weighted by Gasteiger charge is -2.20. The average Bonchev–Trinajstić information content (AvgIpc) is 3.41. The molecule has 0 saturated heterocycles. The first-order valence-corrected chi connectivity index (χ1v) is 28.9. The second-order valence-corrected chi connectivity index (χ2v) is 20.1. The Morgan fingerprint density at radius 3 is 1.40 bits per heavy atom. The van der Waals surface area contributed by atoms with Gasteiger partial charge >= 0.3 is 23.9 Å². The van der Waals surface area contributed by atoms with Gasteiger partial charge in [-0.25, -0.2) is 4.79 Å². The number of rotatable bonds is 58. The Morgan fingerprint density at radius 1 is 0.400 bits per heavy atom. The summed E-state index contributed by atoms with van der Waals surface area (Å²) < 4.78 is 21.5. The Bertz CT molecular complexity index is 1800. The third kappa shape index (κ3) is 45.3. The molecule has 0 spiro atoms. The first-order chi connectivity index (χ1) is 38.4. The van der Waals surface area contributed by atoms with Crippen LogP contribution in [-0.2, 0) is 71.7 Å². The zero-order chi connectivity index (χ0) is 59.6. The fraction of sp³-hybridized carbons (Fsp3) is 0.804. The maximum Gasteiger partial charge on any atom is 0.326 e. The third-order valence-electron chi connectivity index (χ3n) is 13.3. The Balaban J connectivity index is 4.19. The lowest BCUT2D eigenvalue weighted by Crippen LogP contribution is -2.41. The Hall–Kier alpha value is -5.43. The minimum atomic E-state index is -1.21. The Kier molecular flexibility index (Phi) is 47.1. The summed E-state index contributed by atoms with van der Waals surface area (Å²) in [5, 5.41) is 56.3. The monoisotopic (exact) mass is 1140 g/mol. The number of aliphatic hydroxyl groups excluding tert-OH is 1. The van der Waals surface area contributed by atoms with Gasteiger partial charge in [0, 0.05) is 82.3 Å². The van der Waals surface area contributed by atoms with E-state index in [1.165, 1.54) is 32.1 Å². The van der Waals surface area contributed by atoms with Crippen molar-refractivity contribution in [3.63, 3.8) is 0 Å². The Morgan fingerprint density at radius 2 is 0.887 bits per heavy atom. The number of carbonyl (C=O) groups is 11. The molecule has 9 N–H and O–H groups in total. The van der Waals surface area contributed by atoms with E-state index in [9.17, 15) is 68.1 Å². The number of carboxylic acid groups (broad SMARTS) is 4. The molecule has 24 nitrogen and oxygen atoms in total. The van der Waals surface area contributed by atoms with Crippen molar-refractivity contribution in [2.24, 2.45) is 17.8 Å². The van der Waals surface area contributed by atoms with Crippen molar-refractivity contribution < 1.29 is 97.2 Å². The highest BCUT2D eigenvalue weighted by Gasteiger charge is 2.29. The van der Waals surface area contributed by atoms with Crippen LogP contribution < -0.4 is 21.3 Å². The number of Topliss-reactive ketones (excluding diaryl/α,β-unsaturated/α-hetero) is 3. The second-order valence-electron chi connectivity index (χ2n) is 20.1. The molecule has 4 atom stereocenters. The van der Waals surface area contributed by atoms with E-state index in [0.717, 1.165) is 51.4 Å². The molecule has 0 aromatic heterocycles. The van der Waals surface area contributed by atoms with Gasteiger partial charge in [-0.1, -0.05) is 90.4 Å². The Labute approximate surface area is 471 Å². The van der Waals surface area contributed by atoms with Crippen molar-refractivity contribution in [1.82, 2.24) is 21.3 Å². The third-order valence-corrected chi connectivity index (χ3v) is 13.3. The van der Waals surface area contributed by atoms with Gasteiger partial charge in [-0.15, -0.1) is 0 Å². The van der Waals surface area contributed by atoms with Gasteiger partial charge in [0.05, 0.1) is 39.6 Å². The zero-order valence-electron chi connectivity index (χ0n) is 47.5. The second kappa shape index (κ2) is 50.5. The van der Waals surface area contributed by atoms with Crippen molar-refractivity contribution >= 4 is 64.9 Å². The van der Waals surface area contributed by atoms with Crippen LogP contribution in [0.15, 0.2) is 0 Å². The van der Waals surface area contributed by atoms with E-state index in [1.807, 2.05) is 6.92 Å². The van der Waals surface area contributed by atoms with Crippen molar-refractivity contribution in [2.75, 3.05) is 79.1 Å². The summed E-state index contributed by atoms with van der Waals surface area (Å²) in [7, 11) is 0. The van der Waals surface area contributed by atoms with Gasteiger partial charge in [0.2, 0.25) is 23.6 Å². The van der Waals surface area contributed by atoms with E-state index in [-0.39, 0.29) is 128 Å². The molecule has 0 aliphatic heterocycles. The number of amides is 4. The number of nitrogens with one attached hydrogen (secondary N) is 4. The lowest BCUT2D eigenvalue weighted by molar-refractivity contribution is -0.142. The van der Waals surface area contributed by atoms with Gasteiger partial charge in [-0.2, -0.15) is 0 Å². The molecule has 0 heterocycles. The minimum absolute atomic E-state index is 0.00736. The number of ether oxygens (including phenoxy) is 4. The van der Waals surface area contributed by atoms with Gasteiger partial charge in [-0.05, 0) is 51.4 Å². The summed E-state index contributed by atoms with van der Waals surface area (Å²) >= 11 is 0. The van der Waals surface area contributed by atoms with Crippen LogP contribution in [0, 0.1) is 17.8 Å². The van der Waals surface area contributed by atoms with Crippen LogP contribution in [0.25, 0.3) is 0 Å². The van der Waals surface area contributed by atoms with Crippen molar-refractivity contribution in [1.29, 1.82) is 0 Å². The van der Waals surface area contributed by atoms with E-state index < -0.39 is 104 Å². The van der Waals surface area contributed by atoms with Crippen LogP contribution in [0.3, 0.4) is 0 Å². The molecular formula is C56H96N4O20.